The molecule has 128 valence electrons. The summed E-state index contributed by atoms with van der Waals surface area (Å²) in [6.07, 6.45) is 6.27. The second-order valence-electron chi connectivity index (χ2n) is 5.91. The highest BCUT2D eigenvalue weighted by Crippen LogP contribution is 2.30. The number of para-hydroxylation sites is 1. The molecule has 5 nitrogen and oxygen atoms in total. The van der Waals surface area contributed by atoms with Gasteiger partial charge in [0, 0.05) is 6.54 Å². The molecule has 0 unspecified atom stereocenters. The summed E-state index contributed by atoms with van der Waals surface area (Å²) in [4.78, 5) is 14.8. The van der Waals surface area contributed by atoms with Gasteiger partial charge >= 0.3 is 0 Å². The highest BCUT2D eigenvalue weighted by atomic mass is 16.5. The smallest absolute Gasteiger partial charge is 0.255 e. The molecule has 0 spiro atoms. The number of carbonyl (C=O) groups is 1. The van der Waals surface area contributed by atoms with Crippen LogP contribution in [0.5, 0.6) is 11.5 Å². The van der Waals surface area contributed by atoms with Crippen molar-refractivity contribution in [3.8, 4) is 11.5 Å². The fraction of sp³-hybridized carbons (Fsp3) is 0.611. The lowest BCUT2D eigenvalue weighted by atomic mass is 10.1. The zero-order valence-electron chi connectivity index (χ0n) is 14.3. The molecule has 1 saturated heterocycles. The van der Waals surface area contributed by atoms with E-state index in [1.54, 1.807) is 32.4 Å². The number of hydrogen-bond donors (Lipinski definition) is 1. The molecule has 5 heteroatoms. The summed E-state index contributed by atoms with van der Waals surface area (Å²) in [6.45, 7) is 4.11. The molecule has 1 heterocycles. The summed E-state index contributed by atoms with van der Waals surface area (Å²) in [6, 6.07) is 5.34. The van der Waals surface area contributed by atoms with E-state index in [0.717, 1.165) is 13.0 Å². The van der Waals surface area contributed by atoms with Crippen LogP contribution in [0.3, 0.4) is 0 Å². The monoisotopic (exact) mass is 320 g/mol. The van der Waals surface area contributed by atoms with E-state index in [1.165, 1.54) is 38.8 Å². The summed E-state index contributed by atoms with van der Waals surface area (Å²) in [5, 5.41) is 2.98. The lowest BCUT2D eigenvalue weighted by Gasteiger charge is -2.19. The van der Waals surface area contributed by atoms with E-state index in [-0.39, 0.29) is 5.91 Å². The third-order valence-electron chi connectivity index (χ3n) is 4.28. The second kappa shape index (κ2) is 9.40. The Morgan fingerprint density at radius 1 is 1.13 bits per heavy atom. The molecule has 2 rings (SSSR count). The van der Waals surface area contributed by atoms with Crippen molar-refractivity contribution in [2.24, 2.45) is 0 Å². The van der Waals surface area contributed by atoms with Crippen LogP contribution in [0, 0.1) is 0 Å². The molecule has 1 amide bonds. The molecule has 1 fully saturated rings. The highest BCUT2D eigenvalue weighted by molar-refractivity contribution is 5.97. The van der Waals surface area contributed by atoms with Crippen molar-refractivity contribution < 1.29 is 14.3 Å². The van der Waals surface area contributed by atoms with Gasteiger partial charge in [0.25, 0.3) is 5.91 Å². The average molecular weight is 320 g/mol. The minimum absolute atomic E-state index is 0.114. The molecule has 0 saturated carbocycles. The van der Waals surface area contributed by atoms with Crippen molar-refractivity contribution in [2.75, 3.05) is 40.4 Å². The van der Waals surface area contributed by atoms with Gasteiger partial charge in [-0.1, -0.05) is 18.9 Å². The quantitative estimate of drug-likeness (QED) is 0.785. The van der Waals surface area contributed by atoms with Crippen molar-refractivity contribution in [3.63, 3.8) is 0 Å². The van der Waals surface area contributed by atoms with Crippen LogP contribution in [0.4, 0.5) is 0 Å². The number of hydrogen-bond acceptors (Lipinski definition) is 4. The number of nitrogens with zero attached hydrogens (tertiary/aromatic N) is 1. The van der Waals surface area contributed by atoms with E-state index in [0.29, 0.717) is 23.6 Å². The molecule has 1 aromatic rings. The Hall–Kier alpha value is -1.75. The van der Waals surface area contributed by atoms with Gasteiger partial charge < -0.3 is 19.7 Å². The van der Waals surface area contributed by atoms with Crippen molar-refractivity contribution in [2.45, 2.75) is 32.1 Å². The first-order valence-electron chi connectivity index (χ1n) is 8.48. The number of benzene rings is 1. The molecule has 1 N–H and O–H groups in total. The molecule has 1 aliphatic heterocycles. The SMILES string of the molecule is COc1cccc(C(=O)NCCCN2CCCCCC2)c1OC. The van der Waals surface area contributed by atoms with E-state index in [9.17, 15) is 4.79 Å². The summed E-state index contributed by atoms with van der Waals surface area (Å²) < 4.78 is 10.5. The van der Waals surface area contributed by atoms with Gasteiger partial charge in [-0.2, -0.15) is 0 Å². The van der Waals surface area contributed by atoms with Gasteiger partial charge in [0.1, 0.15) is 0 Å². The minimum atomic E-state index is -0.114. The number of amides is 1. The van der Waals surface area contributed by atoms with Crippen molar-refractivity contribution in [1.29, 1.82) is 0 Å². The maximum Gasteiger partial charge on any atom is 0.255 e. The summed E-state index contributed by atoms with van der Waals surface area (Å²) in [5.41, 5.74) is 0.515. The Kier molecular flexibility index (Phi) is 7.20. The molecule has 1 aliphatic rings. The van der Waals surface area contributed by atoms with Crippen LogP contribution in [0.1, 0.15) is 42.5 Å². The number of carbonyl (C=O) groups excluding carboxylic acids is 1. The van der Waals surface area contributed by atoms with Crippen LogP contribution < -0.4 is 14.8 Å². The molecule has 1 aromatic carbocycles. The molecular weight excluding hydrogens is 292 g/mol. The third-order valence-corrected chi connectivity index (χ3v) is 4.28. The first-order chi connectivity index (χ1) is 11.3. The van der Waals surface area contributed by atoms with Crippen LogP contribution >= 0.6 is 0 Å². The topological polar surface area (TPSA) is 50.8 Å². The van der Waals surface area contributed by atoms with Gasteiger partial charge in [0.15, 0.2) is 11.5 Å². The Morgan fingerprint density at radius 2 is 1.87 bits per heavy atom. The van der Waals surface area contributed by atoms with Crippen LogP contribution in [-0.4, -0.2) is 51.2 Å². The molecule has 0 aromatic heterocycles. The Labute approximate surface area is 139 Å². The van der Waals surface area contributed by atoms with Crippen LogP contribution in [0.2, 0.25) is 0 Å². The summed E-state index contributed by atoms with van der Waals surface area (Å²) in [7, 11) is 3.12. The molecule has 0 atom stereocenters. The van der Waals surface area contributed by atoms with E-state index in [2.05, 4.69) is 10.2 Å². The zero-order chi connectivity index (χ0) is 16.5. The second-order valence-corrected chi connectivity index (χ2v) is 5.91. The van der Waals surface area contributed by atoms with Gasteiger partial charge in [-0.3, -0.25) is 4.79 Å². The number of rotatable bonds is 7. The molecule has 0 radical (unpaired) electrons. The van der Waals surface area contributed by atoms with Gasteiger partial charge in [0.05, 0.1) is 19.8 Å². The van der Waals surface area contributed by atoms with E-state index in [4.69, 9.17) is 9.47 Å². The first kappa shape index (κ1) is 17.6. The van der Waals surface area contributed by atoms with E-state index >= 15 is 0 Å². The largest absolute Gasteiger partial charge is 0.493 e. The molecule has 23 heavy (non-hydrogen) atoms. The lowest BCUT2D eigenvalue weighted by molar-refractivity contribution is 0.0948. The van der Waals surface area contributed by atoms with Crippen molar-refractivity contribution in [3.05, 3.63) is 23.8 Å². The predicted molar refractivity (Wildman–Crippen MR) is 91.4 cm³/mol. The average Bonchev–Trinajstić information content (AvgIpc) is 2.86. The Balaban J connectivity index is 1.80. The van der Waals surface area contributed by atoms with E-state index in [1.807, 2.05) is 0 Å². The van der Waals surface area contributed by atoms with Crippen LogP contribution in [0.15, 0.2) is 18.2 Å². The normalized spacial score (nSPS) is 15.7. The van der Waals surface area contributed by atoms with Gasteiger partial charge in [-0.05, 0) is 51.0 Å². The Bertz CT molecular complexity index is 497. The fourth-order valence-corrected chi connectivity index (χ4v) is 3.03. The van der Waals surface area contributed by atoms with Gasteiger partial charge in [-0.25, -0.2) is 0 Å². The number of ether oxygens (including phenoxy) is 2. The highest BCUT2D eigenvalue weighted by Gasteiger charge is 2.16. The number of methoxy groups -OCH3 is 2. The standard InChI is InChI=1S/C18H28N2O3/c1-22-16-10-7-9-15(17(16)23-2)18(21)19-11-8-14-20-12-5-3-4-6-13-20/h7,9-10H,3-6,8,11-14H2,1-2H3,(H,19,21). The fourth-order valence-electron chi connectivity index (χ4n) is 3.03. The van der Waals surface area contributed by atoms with Crippen molar-refractivity contribution in [1.82, 2.24) is 10.2 Å². The molecular formula is C18H28N2O3. The third kappa shape index (κ3) is 5.13. The number of likely N-dealkylation sites (tertiary alicyclic amines) is 1. The maximum absolute atomic E-state index is 12.3. The predicted octanol–water partition coefficient (Wildman–Crippen LogP) is 2.70. The van der Waals surface area contributed by atoms with Crippen molar-refractivity contribution >= 4 is 5.91 Å². The maximum atomic E-state index is 12.3. The van der Waals surface area contributed by atoms with Gasteiger partial charge in [0.2, 0.25) is 0 Å². The molecule has 0 bridgehead atoms. The van der Waals surface area contributed by atoms with Crippen LogP contribution in [-0.2, 0) is 0 Å². The summed E-state index contributed by atoms with van der Waals surface area (Å²) in [5.74, 6) is 0.946. The Morgan fingerprint density at radius 3 is 2.52 bits per heavy atom. The van der Waals surface area contributed by atoms with Crippen LogP contribution in [0.25, 0.3) is 0 Å². The molecule has 0 aliphatic carbocycles. The first-order valence-corrected chi connectivity index (χ1v) is 8.48. The van der Waals surface area contributed by atoms with Gasteiger partial charge in [-0.15, -0.1) is 0 Å². The lowest BCUT2D eigenvalue weighted by Crippen LogP contribution is -2.30. The summed E-state index contributed by atoms with van der Waals surface area (Å²) >= 11 is 0. The zero-order valence-corrected chi connectivity index (χ0v) is 14.3. The minimum Gasteiger partial charge on any atom is -0.493 e. The number of nitrogens with one attached hydrogen (secondary N) is 1. The van der Waals surface area contributed by atoms with E-state index < -0.39 is 0 Å².